The van der Waals surface area contributed by atoms with Gasteiger partial charge in [0.2, 0.25) is 5.91 Å². The Hall–Kier alpha value is -3.10. The maximum Gasteiger partial charge on any atom is 0.417 e. The van der Waals surface area contributed by atoms with Crippen molar-refractivity contribution in [3.05, 3.63) is 53.2 Å². The second kappa shape index (κ2) is 9.15. The van der Waals surface area contributed by atoms with Crippen molar-refractivity contribution in [1.82, 2.24) is 4.98 Å². The fraction of sp³-hybridized carbons (Fsp3) is 0.381. The molecule has 2 amide bonds. The van der Waals surface area contributed by atoms with Crippen LogP contribution in [0.15, 0.2) is 36.5 Å². The lowest BCUT2D eigenvalue weighted by molar-refractivity contribution is -0.137. The molecule has 1 aliphatic heterocycles. The van der Waals surface area contributed by atoms with Crippen LogP contribution in [0, 0.1) is 0 Å². The first kappa shape index (κ1) is 21.6. The molecule has 0 unspecified atom stereocenters. The number of rotatable bonds is 4. The average Bonchev–Trinajstić information content (AvgIpc) is 2.67. The third-order valence-corrected chi connectivity index (χ3v) is 5.00. The minimum Gasteiger partial charge on any atom is -0.366 e. The number of benzene rings is 1. The Morgan fingerprint density at radius 3 is 2.33 bits per heavy atom. The predicted octanol–water partition coefficient (Wildman–Crippen LogP) is 4.22. The van der Waals surface area contributed by atoms with Crippen LogP contribution in [0.5, 0.6) is 0 Å². The first-order valence-electron chi connectivity index (χ1n) is 9.79. The van der Waals surface area contributed by atoms with Crippen LogP contribution in [0.1, 0.15) is 58.4 Å². The zero-order chi connectivity index (χ0) is 21.7. The summed E-state index contributed by atoms with van der Waals surface area (Å²) in [6.07, 6.45) is 1.07. The second-order valence-corrected chi connectivity index (χ2v) is 7.25. The van der Waals surface area contributed by atoms with E-state index in [0.717, 1.165) is 44.4 Å². The van der Waals surface area contributed by atoms with Gasteiger partial charge in [-0.25, -0.2) is 4.98 Å². The van der Waals surface area contributed by atoms with Crippen molar-refractivity contribution < 1.29 is 22.8 Å². The molecule has 1 fully saturated rings. The van der Waals surface area contributed by atoms with Crippen molar-refractivity contribution in [3.63, 3.8) is 0 Å². The third kappa shape index (κ3) is 5.28. The number of aromatic nitrogens is 1. The molecule has 0 radical (unpaired) electrons. The van der Waals surface area contributed by atoms with Crippen molar-refractivity contribution in [2.75, 3.05) is 23.3 Å². The Kier molecular flexibility index (Phi) is 6.59. The van der Waals surface area contributed by atoms with Gasteiger partial charge in [-0.1, -0.05) is 25.3 Å². The lowest BCUT2D eigenvalue weighted by Gasteiger charge is -2.27. The highest BCUT2D eigenvalue weighted by Crippen LogP contribution is 2.32. The fourth-order valence-electron chi connectivity index (χ4n) is 3.44. The van der Waals surface area contributed by atoms with Gasteiger partial charge in [0.15, 0.2) is 0 Å². The van der Waals surface area contributed by atoms with E-state index in [2.05, 4.69) is 10.3 Å². The number of alkyl halides is 3. The Morgan fingerprint density at radius 1 is 1.03 bits per heavy atom. The number of primary amides is 1. The van der Waals surface area contributed by atoms with Crippen molar-refractivity contribution in [2.24, 2.45) is 5.73 Å². The van der Waals surface area contributed by atoms with Crippen molar-refractivity contribution in [3.8, 4) is 0 Å². The molecule has 160 valence electrons. The molecule has 1 aromatic heterocycles. The highest BCUT2D eigenvalue weighted by atomic mass is 19.4. The molecule has 0 bridgehead atoms. The Bertz CT molecular complexity index is 923. The second-order valence-electron chi connectivity index (χ2n) is 7.25. The van der Waals surface area contributed by atoms with Crippen LogP contribution in [0.2, 0.25) is 0 Å². The van der Waals surface area contributed by atoms with E-state index in [-0.39, 0.29) is 22.6 Å². The molecule has 3 N–H and O–H groups in total. The molecule has 3 rings (SSSR count). The molecule has 1 aliphatic rings. The minimum absolute atomic E-state index is 0.158. The van der Waals surface area contributed by atoms with Crippen molar-refractivity contribution in [2.45, 2.75) is 38.3 Å². The molecule has 6 nitrogen and oxygen atoms in total. The van der Waals surface area contributed by atoms with Crippen LogP contribution in [0.25, 0.3) is 0 Å². The molecule has 9 heteroatoms. The summed E-state index contributed by atoms with van der Waals surface area (Å²) >= 11 is 0. The van der Waals surface area contributed by atoms with E-state index >= 15 is 0 Å². The molecule has 0 atom stereocenters. The number of nitrogens with zero attached hydrogens (tertiary/aromatic N) is 2. The van der Waals surface area contributed by atoms with Gasteiger partial charge < -0.3 is 16.0 Å². The van der Waals surface area contributed by atoms with E-state index in [1.165, 1.54) is 24.3 Å². The molecule has 30 heavy (non-hydrogen) atoms. The van der Waals surface area contributed by atoms with E-state index in [1.807, 2.05) is 4.90 Å². The van der Waals surface area contributed by atoms with E-state index < -0.39 is 23.6 Å². The van der Waals surface area contributed by atoms with Gasteiger partial charge in [-0.2, -0.15) is 13.2 Å². The summed E-state index contributed by atoms with van der Waals surface area (Å²) in [4.78, 5) is 30.2. The SMILES string of the molecule is NC(=O)c1cccc(NC(=O)c2cc(C(F)(F)F)cnc2N2CCCCCCC2)c1. The normalized spacial score (nSPS) is 15.2. The highest BCUT2D eigenvalue weighted by molar-refractivity contribution is 6.08. The molecule has 0 spiro atoms. The molecule has 2 aromatic rings. The molecule has 0 aliphatic carbocycles. The summed E-state index contributed by atoms with van der Waals surface area (Å²) < 4.78 is 39.8. The first-order chi connectivity index (χ1) is 14.3. The number of anilines is 2. The van der Waals surface area contributed by atoms with Crippen LogP contribution in [0.3, 0.4) is 0 Å². The number of nitrogens with one attached hydrogen (secondary N) is 1. The summed E-state index contributed by atoms with van der Waals surface area (Å²) in [6.45, 7) is 1.24. The molecule has 1 aromatic carbocycles. The third-order valence-electron chi connectivity index (χ3n) is 5.00. The fourth-order valence-corrected chi connectivity index (χ4v) is 3.44. The zero-order valence-corrected chi connectivity index (χ0v) is 16.3. The minimum atomic E-state index is -4.62. The predicted molar refractivity (Wildman–Crippen MR) is 107 cm³/mol. The average molecular weight is 420 g/mol. The largest absolute Gasteiger partial charge is 0.417 e. The summed E-state index contributed by atoms with van der Waals surface area (Å²) in [5.74, 6) is -1.17. The summed E-state index contributed by atoms with van der Waals surface area (Å²) in [5.41, 5.74) is 4.54. The van der Waals surface area contributed by atoms with Crippen molar-refractivity contribution >= 4 is 23.3 Å². The van der Waals surface area contributed by atoms with Gasteiger partial charge in [0.25, 0.3) is 5.91 Å². The lowest BCUT2D eigenvalue weighted by Crippen LogP contribution is -2.31. The standard InChI is InChI=1S/C21H23F3N4O2/c22-21(23,24)15-12-17(19(26-13-15)28-9-4-2-1-3-5-10-28)20(30)27-16-8-6-7-14(11-16)18(25)29/h6-8,11-13H,1-5,9-10H2,(H2,25,29)(H,27,30). The zero-order valence-electron chi connectivity index (χ0n) is 16.3. The van der Waals surface area contributed by atoms with E-state index in [9.17, 15) is 22.8 Å². The number of pyridine rings is 1. The summed E-state index contributed by atoms with van der Waals surface area (Å²) in [6, 6.07) is 6.74. The Labute approximate surface area is 172 Å². The summed E-state index contributed by atoms with van der Waals surface area (Å²) in [5, 5.41) is 2.56. The molecular formula is C21H23F3N4O2. The molecule has 1 saturated heterocycles. The molecule has 0 saturated carbocycles. The lowest BCUT2D eigenvalue weighted by atomic mass is 10.1. The van der Waals surface area contributed by atoms with Crippen molar-refractivity contribution in [1.29, 1.82) is 0 Å². The van der Waals surface area contributed by atoms with Crippen LogP contribution < -0.4 is 16.0 Å². The Balaban J connectivity index is 1.95. The number of hydrogen-bond donors (Lipinski definition) is 2. The monoisotopic (exact) mass is 420 g/mol. The van der Waals surface area contributed by atoms with Gasteiger partial charge in [0.05, 0.1) is 11.1 Å². The number of amides is 2. The van der Waals surface area contributed by atoms with Gasteiger partial charge in [0.1, 0.15) is 5.82 Å². The number of carbonyl (C=O) groups is 2. The first-order valence-corrected chi connectivity index (χ1v) is 9.79. The number of carbonyl (C=O) groups excluding carboxylic acids is 2. The smallest absolute Gasteiger partial charge is 0.366 e. The summed E-state index contributed by atoms with van der Waals surface area (Å²) in [7, 11) is 0. The van der Waals surface area contributed by atoms with E-state index in [0.29, 0.717) is 13.1 Å². The van der Waals surface area contributed by atoms with Crippen LogP contribution in [-0.4, -0.2) is 29.9 Å². The quantitative estimate of drug-likeness (QED) is 0.775. The van der Waals surface area contributed by atoms with Crippen LogP contribution in [0.4, 0.5) is 24.7 Å². The number of nitrogens with two attached hydrogens (primary N) is 1. The number of halogens is 3. The van der Waals surface area contributed by atoms with Gasteiger partial charge in [0, 0.05) is 30.5 Å². The van der Waals surface area contributed by atoms with Gasteiger partial charge in [-0.3, -0.25) is 9.59 Å². The van der Waals surface area contributed by atoms with Crippen LogP contribution >= 0.6 is 0 Å². The maximum absolute atomic E-state index is 13.3. The van der Waals surface area contributed by atoms with Gasteiger partial charge >= 0.3 is 6.18 Å². The highest BCUT2D eigenvalue weighted by Gasteiger charge is 2.33. The Morgan fingerprint density at radius 2 is 1.70 bits per heavy atom. The van der Waals surface area contributed by atoms with Gasteiger partial charge in [-0.15, -0.1) is 0 Å². The molecule has 2 heterocycles. The van der Waals surface area contributed by atoms with Gasteiger partial charge in [-0.05, 0) is 37.1 Å². The maximum atomic E-state index is 13.3. The molecular weight excluding hydrogens is 397 g/mol. The topological polar surface area (TPSA) is 88.3 Å². The number of hydrogen-bond acceptors (Lipinski definition) is 4. The van der Waals surface area contributed by atoms with E-state index in [4.69, 9.17) is 5.73 Å². The van der Waals surface area contributed by atoms with E-state index in [1.54, 1.807) is 0 Å². The van der Waals surface area contributed by atoms with Crippen LogP contribution in [-0.2, 0) is 6.18 Å².